The van der Waals surface area contributed by atoms with Crippen molar-refractivity contribution in [3.8, 4) is 0 Å². The number of aliphatic hydroxyl groups is 1. The molecule has 19 heavy (non-hydrogen) atoms. The molecule has 0 saturated carbocycles. The first-order chi connectivity index (χ1) is 8.94. The monoisotopic (exact) mass is 327 g/mol. The Morgan fingerprint density at radius 2 is 2.05 bits per heavy atom. The van der Waals surface area contributed by atoms with Crippen LogP contribution in [0, 0.1) is 0 Å². The van der Waals surface area contributed by atoms with E-state index in [9.17, 15) is 8.42 Å². The molecule has 0 unspecified atom stereocenters. The normalized spacial score (nSPS) is 11.8. The van der Waals surface area contributed by atoms with Gasteiger partial charge in [0.25, 0.3) is 0 Å². The van der Waals surface area contributed by atoms with E-state index >= 15 is 0 Å². The van der Waals surface area contributed by atoms with E-state index in [1.54, 1.807) is 0 Å². The molecule has 2 N–H and O–H groups in total. The summed E-state index contributed by atoms with van der Waals surface area (Å²) in [6, 6.07) is 2.68. The molecule has 0 amide bonds. The molecule has 0 aliphatic heterocycles. The molecule has 0 radical (unpaired) electrons. The minimum absolute atomic E-state index is 0.0705. The molecule has 0 saturated heterocycles. The quantitative estimate of drug-likeness (QED) is 0.749. The number of aliphatic hydroxyl groups excluding tert-OH is 1. The van der Waals surface area contributed by atoms with E-state index in [2.05, 4.69) is 4.72 Å². The number of rotatable bonds is 7. The van der Waals surface area contributed by atoms with Crippen molar-refractivity contribution < 1.29 is 18.3 Å². The highest BCUT2D eigenvalue weighted by Crippen LogP contribution is 2.30. The second kappa shape index (κ2) is 7.42. The maximum atomic E-state index is 12.0. The zero-order valence-electron chi connectivity index (χ0n) is 10.3. The van der Waals surface area contributed by atoms with E-state index in [0.717, 1.165) is 0 Å². The van der Waals surface area contributed by atoms with E-state index in [1.165, 1.54) is 12.1 Å². The third kappa shape index (κ3) is 4.30. The maximum absolute atomic E-state index is 12.0. The molecule has 0 bridgehead atoms. The van der Waals surface area contributed by atoms with Crippen LogP contribution in [-0.2, 0) is 21.4 Å². The molecule has 1 aromatic carbocycles. The second-order valence-corrected chi connectivity index (χ2v) is 6.11. The summed E-state index contributed by atoms with van der Waals surface area (Å²) in [5.74, 6) is 0. The molecule has 0 aliphatic carbocycles. The number of nitrogens with one attached hydrogen (secondary N) is 1. The zero-order valence-corrected chi connectivity index (χ0v) is 12.6. The van der Waals surface area contributed by atoms with Crippen molar-refractivity contribution in [3.05, 3.63) is 27.7 Å². The zero-order chi connectivity index (χ0) is 14.5. The fourth-order valence-electron chi connectivity index (χ4n) is 1.40. The molecule has 0 atom stereocenters. The van der Waals surface area contributed by atoms with Gasteiger partial charge in [-0.05, 0) is 19.1 Å². The first-order valence-electron chi connectivity index (χ1n) is 5.59. The third-order valence-electron chi connectivity index (χ3n) is 2.34. The average molecular weight is 328 g/mol. The minimum Gasteiger partial charge on any atom is -0.392 e. The molecule has 108 valence electrons. The van der Waals surface area contributed by atoms with E-state index in [-0.39, 0.29) is 33.7 Å². The molecule has 5 nitrogen and oxygen atoms in total. The summed E-state index contributed by atoms with van der Waals surface area (Å²) in [6.07, 6.45) is 0. The van der Waals surface area contributed by atoms with Crippen LogP contribution in [0.15, 0.2) is 17.0 Å². The summed E-state index contributed by atoms with van der Waals surface area (Å²) >= 11 is 11.8. The number of ether oxygens (including phenoxy) is 1. The van der Waals surface area contributed by atoms with Crippen LogP contribution < -0.4 is 4.72 Å². The number of benzene rings is 1. The van der Waals surface area contributed by atoms with Crippen LogP contribution in [-0.4, -0.2) is 33.3 Å². The molecule has 0 heterocycles. The topological polar surface area (TPSA) is 75.6 Å². The van der Waals surface area contributed by atoms with Gasteiger partial charge in [-0.15, -0.1) is 0 Å². The van der Waals surface area contributed by atoms with Crippen LogP contribution in [0.25, 0.3) is 0 Å². The highest BCUT2D eigenvalue weighted by molar-refractivity contribution is 7.89. The largest absolute Gasteiger partial charge is 0.392 e. The van der Waals surface area contributed by atoms with Crippen LogP contribution in [0.4, 0.5) is 0 Å². The van der Waals surface area contributed by atoms with Gasteiger partial charge in [0.2, 0.25) is 10.0 Å². The lowest BCUT2D eigenvalue weighted by atomic mass is 10.2. The van der Waals surface area contributed by atoms with Gasteiger partial charge in [-0.1, -0.05) is 23.2 Å². The minimum atomic E-state index is -3.75. The van der Waals surface area contributed by atoms with Gasteiger partial charge >= 0.3 is 0 Å². The van der Waals surface area contributed by atoms with Gasteiger partial charge in [0.15, 0.2) is 0 Å². The van der Waals surface area contributed by atoms with Crippen molar-refractivity contribution in [3.63, 3.8) is 0 Å². The Morgan fingerprint density at radius 1 is 1.37 bits per heavy atom. The Kier molecular flexibility index (Phi) is 6.52. The smallest absolute Gasteiger partial charge is 0.242 e. The SMILES string of the molecule is CCOCCNS(=O)(=O)c1ccc(Cl)c(CO)c1Cl. The summed E-state index contributed by atoms with van der Waals surface area (Å²) in [5, 5.41) is 9.28. The van der Waals surface area contributed by atoms with Gasteiger partial charge in [0.1, 0.15) is 4.90 Å². The number of hydrogen-bond donors (Lipinski definition) is 2. The predicted molar refractivity (Wildman–Crippen MR) is 74.1 cm³/mol. The van der Waals surface area contributed by atoms with Crippen LogP contribution in [0.1, 0.15) is 12.5 Å². The third-order valence-corrected chi connectivity index (χ3v) is 4.74. The Morgan fingerprint density at radius 3 is 2.63 bits per heavy atom. The average Bonchev–Trinajstić information content (AvgIpc) is 2.35. The fourth-order valence-corrected chi connectivity index (χ4v) is 3.31. The van der Waals surface area contributed by atoms with Crippen LogP contribution in [0.5, 0.6) is 0 Å². The molecule has 1 aromatic rings. The van der Waals surface area contributed by atoms with Gasteiger partial charge in [-0.25, -0.2) is 13.1 Å². The van der Waals surface area contributed by atoms with Crippen molar-refractivity contribution >= 4 is 33.2 Å². The first-order valence-corrected chi connectivity index (χ1v) is 7.83. The molecular formula is C11H15Cl2NO4S. The second-order valence-electron chi connectivity index (χ2n) is 3.59. The lowest BCUT2D eigenvalue weighted by Crippen LogP contribution is -2.28. The molecule has 0 aliphatic rings. The number of hydrogen-bond acceptors (Lipinski definition) is 4. The molecule has 8 heteroatoms. The standard InChI is InChI=1S/C11H15Cl2NO4S/c1-2-18-6-5-14-19(16,17)10-4-3-9(12)8(7-15)11(10)13/h3-4,14-15H,2,5-7H2,1H3. The molecule has 0 spiro atoms. The Balaban J connectivity index is 2.96. The lowest BCUT2D eigenvalue weighted by molar-refractivity contribution is 0.153. The van der Waals surface area contributed by atoms with Crippen molar-refractivity contribution in [1.29, 1.82) is 0 Å². The fraction of sp³-hybridized carbons (Fsp3) is 0.455. The molecular weight excluding hydrogens is 313 g/mol. The molecule has 1 rings (SSSR count). The Hall–Kier alpha value is -0.370. The van der Waals surface area contributed by atoms with Gasteiger partial charge in [-0.2, -0.15) is 0 Å². The van der Waals surface area contributed by atoms with E-state index in [0.29, 0.717) is 6.61 Å². The number of sulfonamides is 1. The van der Waals surface area contributed by atoms with Crippen LogP contribution in [0.2, 0.25) is 10.0 Å². The van der Waals surface area contributed by atoms with E-state index in [4.69, 9.17) is 33.0 Å². The van der Waals surface area contributed by atoms with Crippen molar-refractivity contribution in [1.82, 2.24) is 4.72 Å². The van der Waals surface area contributed by atoms with Crippen molar-refractivity contribution in [2.45, 2.75) is 18.4 Å². The highest BCUT2D eigenvalue weighted by Gasteiger charge is 2.20. The Labute approximate surface area is 122 Å². The van der Waals surface area contributed by atoms with Gasteiger partial charge in [0.05, 0.1) is 18.2 Å². The summed E-state index contributed by atoms with van der Waals surface area (Å²) in [6.45, 7) is 2.31. The van der Waals surface area contributed by atoms with Gasteiger partial charge in [0, 0.05) is 23.7 Å². The Bertz CT molecular complexity index is 534. The predicted octanol–water partition coefficient (Wildman–Crippen LogP) is 1.80. The summed E-state index contributed by atoms with van der Waals surface area (Å²) < 4.78 is 31.4. The number of halogens is 2. The van der Waals surface area contributed by atoms with Crippen molar-refractivity contribution in [2.75, 3.05) is 19.8 Å². The molecule has 0 fully saturated rings. The maximum Gasteiger partial charge on any atom is 0.242 e. The van der Waals surface area contributed by atoms with Crippen LogP contribution in [0.3, 0.4) is 0 Å². The van der Waals surface area contributed by atoms with Crippen LogP contribution >= 0.6 is 23.2 Å². The summed E-state index contributed by atoms with van der Waals surface area (Å²) in [7, 11) is -3.75. The van der Waals surface area contributed by atoms with Gasteiger partial charge in [-0.3, -0.25) is 0 Å². The highest BCUT2D eigenvalue weighted by atomic mass is 35.5. The first kappa shape index (κ1) is 16.7. The summed E-state index contributed by atoms with van der Waals surface area (Å²) in [5.41, 5.74) is 0.191. The van der Waals surface area contributed by atoms with Crippen molar-refractivity contribution in [2.24, 2.45) is 0 Å². The van der Waals surface area contributed by atoms with Gasteiger partial charge < -0.3 is 9.84 Å². The van der Waals surface area contributed by atoms with E-state index in [1.807, 2.05) is 6.92 Å². The lowest BCUT2D eigenvalue weighted by Gasteiger charge is -2.11. The summed E-state index contributed by atoms with van der Waals surface area (Å²) in [4.78, 5) is -0.112. The molecule has 0 aromatic heterocycles. The van der Waals surface area contributed by atoms with E-state index < -0.39 is 16.6 Å².